The molecule has 2 atom stereocenters. The van der Waals surface area contributed by atoms with Crippen LogP contribution in [-0.2, 0) is 27.9 Å². The summed E-state index contributed by atoms with van der Waals surface area (Å²) in [5, 5.41) is 20.2. The average molecular weight is 511 g/mol. The summed E-state index contributed by atoms with van der Waals surface area (Å²) < 4.78 is 36.1. The fraction of sp³-hybridized carbons (Fsp3) is 0.478. The van der Waals surface area contributed by atoms with Crippen LogP contribution < -0.4 is 16.1 Å². The van der Waals surface area contributed by atoms with E-state index in [-0.39, 0.29) is 24.2 Å². The van der Waals surface area contributed by atoms with Gasteiger partial charge in [0.15, 0.2) is 0 Å². The zero-order chi connectivity index (χ0) is 27.0. The highest BCUT2D eigenvalue weighted by Gasteiger charge is 2.34. The zero-order valence-corrected chi connectivity index (χ0v) is 20.8. The Morgan fingerprint density at radius 2 is 1.92 bits per heavy atom. The summed E-state index contributed by atoms with van der Waals surface area (Å²) in [6, 6.07) is 2.78. The molecule has 1 aromatic heterocycles. The van der Waals surface area contributed by atoms with E-state index < -0.39 is 47.7 Å². The second-order valence-corrected chi connectivity index (χ2v) is 9.26. The molecule has 0 radical (unpaired) electrons. The number of nitrogens with zero attached hydrogens (tertiary/aromatic N) is 3. The molecule has 0 aliphatic carbocycles. The Morgan fingerprint density at radius 3 is 2.42 bits per heavy atom. The van der Waals surface area contributed by atoms with Gasteiger partial charge in [0.25, 0.3) is 5.91 Å². The first-order chi connectivity index (χ1) is 16.8. The van der Waals surface area contributed by atoms with Crippen LogP contribution in [0, 0.1) is 17.0 Å². The molecule has 11 nitrogen and oxygen atoms in total. The number of carbonyl (C=O) groups is 3. The number of ether oxygens (including phenoxy) is 1. The summed E-state index contributed by atoms with van der Waals surface area (Å²) in [5.74, 6) is -2.46. The molecular formula is C23H32F2N6O5. The number of amides is 3. The molecule has 0 saturated carbocycles. The number of hydrogen-bond acceptors (Lipinski definition) is 7. The second-order valence-electron chi connectivity index (χ2n) is 9.26. The van der Waals surface area contributed by atoms with E-state index in [1.54, 1.807) is 40.1 Å². The van der Waals surface area contributed by atoms with Gasteiger partial charge >= 0.3 is 6.09 Å². The van der Waals surface area contributed by atoms with Gasteiger partial charge in [0.2, 0.25) is 6.41 Å². The minimum absolute atomic E-state index is 0.164. The molecule has 4 N–H and O–H groups in total. The molecule has 13 heteroatoms. The van der Waals surface area contributed by atoms with E-state index in [0.29, 0.717) is 12.1 Å². The van der Waals surface area contributed by atoms with Crippen molar-refractivity contribution in [1.82, 2.24) is 30.8 Å². The van der Waals surface area contributed by atoms with Gasteiger partial charge in [-0.1, -0.05) is 20.8 Å². The Labute approximate surface area is 207 Å². The van der Waals surface area contributed by atoms with E-state index in [1.807, 2.05) is 0 Å². The fourth-order valence-electron chi connectivity index (χ4n) is 3.39. The number of aryl methyl sites for hydroxylation is 1. The fourth-order valence-corrected chi connectivity index (χ4v) is 3.39. The van der Waals surface area contributed by atoms with Crippen LogP contribution in [0.2, 0.25) is 0 Å². The molecule has 2 unspecified atom stereocenters. The van der Waals surface area contributed by atoms with Gasteiger partial charge in [0.05, 0.1) is 18.9 Å². The number of methoxy groups -OCH3 is 1. The molecule has 1 aromatic carbocycles. The van der Waals surface area contributed by atoms with Crippen molar-refractivity contribution in [2.75, 3.05) is 20.2 Å². The van der Waals surface area contributed by atoms with Gasteiger partial charge in [-0.2, -0.15) is 5.10 Å². The molecule has 1 heterocycles. The van der Waals surface area contributed by atoms with E-state index in [4.69, 9.17) is 0 Å². The lowest BCUT2D eigenvalue weighted by molar-refractivity contribution is -0.131. The predicted octanol–water partition coefficient (Wildman–Crippen LogP) is 1.08. The maximum Gasteiger partial charge on any atom is 0.407 e. The largest absolute Gasteiger partial charge is 0.453 e. The van der Waals surface area contributed by atoms with Crippen LogP contribution in [0.15, 0.2) is 24.4 Å². The standard InChI is InChI=1S/C23H32F2N6O5/c1-23(2,3)20(27-22(35)36-5)21(34)29-31(11-15(33)10-26-13-32)12-16-17(24)8-14(9-18(16)25)19-6-7-30(4)28-19/h6-9,13,15,20,33H,10-12H2,1-5H3,(H,26,32)(H,27,35)(H,29,34). The maximum atomic E-state index is 15.0. The Balaban J connectivity index is 2.32. The molecule has 2 aromatic rings. The van der Waals surface area contributed by atoms with Crippen molar-refractivity contribution >= 4 is 18.4 Å². The van der Waals surface area contributed by atoms with Crippen LogP contribution in [0.3, 0.4) is 0 Å². The smallest absolute Gasteiger partial charge is 0.407 e. The monoisotopic (exact) mass is 510 g/mol. The summed E-state index contributed by atoms with van der Waals surface area (Å²) in [4.78, 5) is 35.4. The Hall–Kier alpha value is -3.58. The van der Waals surface area contributed by atoms with Gasteiger partial charge in [0, 0.05) is 44.0 Å². The second kappa shape index (κ2) is 12.4. The number of nitrogens with one attached hydrogen (secondary N) is 3. The first-order valence-corrected chi connectivity index (χ1v) is 11.1. The van der Waals surface area contributed by atoms with Gasteiger partial charge in [-0.3, -0.25) is 19.7 Å². The molecule has 0 spiro atoms. The van der Waals surface area contributed by atoms with Crippen molar-refractivity contribution < 1.29 is 33.0 Å². The minimum Gasteiger partial charge on any atom is -0.453 e. The summed E-state index contributed by atoms with van der Waals surface area (Å²) >= 11 is 0. The van der Waals surface area contributed by atoms with Gasteiger partial charge < -0.3 is 20.5 Å². The summed E-state index contributed by atoms with van der Waals surface area (Å²) in [5.41, 5.74) is 2.00. The van der Waals surface area contributed by atoms with Gasteiger partial charge in [0.1, 0.15) is 17.7 Å². The first kappa shape index (κ1) is 28.7. The predicted molar refractivity (Wildman–Crippen MR) is 126 cm³/mol. The van der Waals surface area contributed by atoms with Crippen molar-refractivity contribution in [3.05, 3.63) is 41.6 Å². The number of aliphatic hydroxyl groups excluding tert-OH is 1. The van der Waals surface area contributed by atoms with Crippen molar-refractivity contribution in [3.8, 4) is 11.3 Å². The summed E-state index contributed by atoms with van der Waals surface area (Å²) in [6.45, 7) is 4.20. The number of halogens is 2. The Bertz CT molecular complexity index is 1050. The third-order valence-corrected chi connectivity index (χ3v) is 5.21. The van der Waals surface area contributed by atoms with Crippen LogP contribution in [0.5, 0.6) is 0 Å². The molecular weight excluding hydrogens is 478 g/mol. The van der Waals surface area contributed by atoms with Crippen molar-refractivity contribution in [3.63, 3.8) is 0 Å². The van der Waals surface area contributed by atoms with E-state index in [9.17, 15) is 28.3 Å². The highest BCUT2D eigenvalue weighted by Crippen LogP contribution is 2.24. The lowest BCUT2D eigenvalue weighted by Gasteiger charge is -2.33. The lowest BCUT2D eigenvalue weighted by Crippen LogP contribution is -2.58. The highest BCUT2D eigenvalue weighted by atomic mass is 19.1. The Kier molecular flexibility index (Phi) is 9.87. The molecule has 0 bridgehead atoms. The SMILES string of the molecule is COC(=O)NC(C(=O)NN(Cc1c(F)cc(-c2ccn(C)n2)cc1F)CC(O)CNC=O)C(C)(C)C. The van der Waals surface area contributed by atoms with Gasteiger partial charge in [-0.25, -0.2) is 18.6 Å². The number of aliphatic hydroxyl groups is 1. The van der Waals surface area contributed by atoms with E-state index in [1.165, 1.54) is 4.68 Å². The van der Waals surface area contributed by atoms with Crippen LogP contribution in [0.1, 0.15) is 26.3 Å². The van der Waals surface area contributed by atoms with Gasteiger partial charge in [-0.05, 0) is 23.6 Å². The number of hydrogen-bond donors (Lipinski definition) is 4. The van der Waals surface area contributed by atoms with Crippen molar-refractivity contribution in [2.45, 2.75) is 39.5 Å². The number of alkyl carbamates (subject to hydrolysis) is 1. The first-order valence-electron chi connectivity index (χ1n) is 11.1. The van der Waals surface area contributed by atoms with Crippen LogP contribution in [-0.4, -0.2) is 70.7 Å². The molecule has 198 valence electrons. The maximum absolute atomic E-state index is 15.0. The van der Waals surface area contributed by atoms with Crippen molar-refractivity contribution in [1.29, 1.82) is 0 Å². The molecule has 3 amide bonds. The third kappa shape index (κ3) is 7.99. The number of hydrazine groups is 1. The van der Waals surface area contributed by atoms with Crippen LogP contribution in [0.25, 0.3) is 11.3 Å². The quantitative estimate of drug-likeness (QED) is 0.262. The Morgan fingerprint density at radius 1 is 1.28 bits per heavy atom. The average Bonchev–Trinajstić information content (AvgIpc) is 3.23. The zero-order valence-electron chi connectivity index (χ0n) is 20.8. The van der Waals surface area contributed by atoms with Crippen molar-refractivity contribution in [2.24, 2.45) is 12.5 Å². The third-order valence-electron chi connectivity index (χ3n) is 5.21. The number of aromatic nitrogens is 2. The minimum atomic E-state index is -1.18. The number of rotatable bonds is 11. The molecule has 0 aliphatic rings. The molecule has 0 aliphatic heterocycles. The summed E-state index contributed by atoms with van der Waals surface area (Å²) in [6.07, 6.45) is 0.00156. The van der Waals surface area contributed by atoms with Crippen LogP contribution >= 0.6 is 0 Å². The molecule has 2 rings (SSSR count). The number of carbonyl (C=O) groups excluding carboxylic acids is 3. The van der Waals surface area contributed by atoms with Gasteiger partial charge in [-0.15, -0.1) is 0 Å². The van der Waals surface area contributed by atoms with E-state index in [2.05, 4.69) is 25.9 Å². The number of benzene rings is 1. The normalized spacial score (nSPS) is 13.1. The van der Waals surface area contributed by atoms with E-state index >= 15 is 0 Å². The molecule has 36 heavy (non-hydrogen) atoms. The molecule has 0 saturated heterocycles. The molecule has 0 fully saturated rings. The van der Waals surface area contributed by atoms with E-state index in [0.717, 1.165) is 24.3 Å². The topological polar surface area (TPSA) is 138 Å². The summed E-state index contributed by atoms with van der Waals surface area (Å²) in [7, 11) is 2.83. The highest BCUT2D eigenvalue weighted by molar-refractivity contribution is 5.86. The van der Waals surface area contributed by atoms with Crippen LogP contribution in [0.4, 0.5) is 13.6 Å². The lowest BCUT2D eigenvalue weighted by atomic mass is 9.86.